The molecule has 2 amide bonds. The molecule has 41 heavy (non-hydrogen) atoms. The number of nitrogens with zero attached hydrogens (tertiary/aromatic N) is 2. The number of benzene rings is 2. The van der Waals surface area contributed by atoms with Gasteiger partial charge in [-0.15, -0.1) is 0 Å². The van der Waals surface area contributed by atoms with Crippen LogP contribution in [0.1, 0.15) is 24.3 Å². The van der Waals surface area contributed by atoms with Crippen LogP contribution in [0.5, 0.6) is 11.5 Å². The van der Waals surface area contributed by atoms with E-state index in [1.54, 1.807) is 6.07 Å². The molecule has 2 aromatic rings. The molecular weight excluding hydrogens is 620 g/mol. The minimum Gasteiger partial charge on any atom is -0.503 e. The summed E-state index contributed by atoms with van der Waals surface area (Å²) in [6.45, 7) is 0. The highest BCUT2D eigenvalue weighted by Gasteiger charge is 2.56. The number of nitro benzene ring substituents is 1. The quantitative estimate of drug-likeness (QED) is 0.163. The largest absolute Gasteiger partial charge is 0.503 e. The summed E-state index contributed by atoms with van der Waals surface area (Å²) in [6, 6.07) is 8.22. The molecule has 10 nitrogen and oxygen atoms in total. The van der Waals surface area contributed by atoms with Crippen LogP contribution >= 0.6 is 27.5 Å². The fraction of sp³-hybridized carbons (Fsp3) is 0.241. The maximum absolute atomic E-state index is 13.9. The molecule has 0 saturated carbocycles. The number of halogens is 2. The number of amides is 2. The third kappa shape index (κ3) is 4.06. The van der Waals surface area contributed by atoms with Crippen LogP contribution in [0.2, 0.25) is 5.02 Å². The molecule has 6 rings (SSSR count). The fourth-order valence-electron chi connectivity index (χ4n) is 6.48. The van der Waals surface area contributed by atoms with Gasteiger partial charge < -0.3 is 9.84 Å². The van der Waals surface area contributed by atoms with Gasteiger partial charge in [0.25, 0.3) is 5.69 Å². The Morgan fingerprint density at radius 1 is 1.10 bits per heavy atom. The van der Waals surface area contributed by atoms with Crippen molar-refractivity contribution in [3.8, 4) is 11.5 Å². The van der Waals surface area contributed by atoms with E-state index >= 15 is 0 Å². The van der Waals surface area contributed by atoms with E-state index in [9.17, 15) is 34.4 Å². The van der Waals surface area contributed by atoms with Gasteiger partial charge in [0.1, 0.15) is 0 Å². The summed E-state index contributed by atoms with van der Waals surface area (Å²) in [5.41, 5.74) is 1.74. The smallest absolute Gasteiger partial charge is 0.269 e. The Morgan fingerprint density at radius 2 is 1.80 bits per heavy atom. The second-order valence-electron chi connectivity index (χ2n) is 10.2. The first kappa shape index (κ1) is 27.1. The first-order valence-electron chi connectivity index (χ1n) is 12.6. The zero-order valence-electron chi connectivity index (χ0n) is 21.3. The number of allylic oxidation sites excluding steroid dienone is 6. The number of rotatable bonds is 4. The highest BCUT2D eigenvalue weighted by molar-refractivity contribution is 9.12. The summed E-state index contributed by atoms with van der Waals surface area (Å²) in [7, 11) is 1.36. The summed E-state index contributed by atoms with van der Waals surface area (Å²) >= 11 is 9.51. The first-order valence-corrected chi connectivity index (χ1v) is 13.8. The molecule has 1 saturated heterocycles. The van der Waals surface area contributed by atoms with Crippen molar-refractivity contribution in [3.63, 3.8) is 0 Å². The van der Waals surface area contributed by atoms with Crippen LogP contribution in [0.25, 0.3) is 0 Å². The SMILES string of the molecule is COc1cc(C2C3=CCC4C(=O)N(c5ccc([N+](=O)[O-])cc5)C(=O)C4C3CC3=C2C(=O)C=C(Br)C3=O)cc(Cl)c1O. The first-order chi connectivity index (χ1) is 19.5. The summed E-state index contributed by atoms with van der Waals surface area (Å²) in [6.07, 6.45) is 3.36. The van der Waals surface area contributed by atoms with Crippen LogP contribution in [0.4, 0.5) is 11.4 Å². The van der Waals surface area contributed by atoms with E-state index in [1.165, 1.54) is 43.5 Å². The lowest BCUT2D eigenvalue weighted by molar-refractivity contribution is -0.384. The third-order valence-electron chi connectivity index (χ3n) is 8.25. The van der Waals surface area contributed by atoms with Gasteiger partial charge in [0, 0.05) is 35.3 Å². The van der Waals surface area contributed by atoms with E-state index in [2.05, 4.69) is 15.9 Å². The van der Waals surface area contributed by atoms with Crippen LogP contribution < -0.4 is 9.64 Å². The molecule has 1 N–H and O–H groups in total. The van der Waals surface area contributed by atoms with Gasteiger partial charge in [0.15, 0.2) is 23.1 Å². The Hall–Kier alpha value is -4.09. The average Bonchev–Trinajstić information content (AvgIpc) is 3.21. The minimum absolute atomic E-state index is 0.0133. The van der Waals surface area contributed by atoms with E-state index < -0.39 is 40.4 Å². The van der Waals surface area contributed by atoms with Crippen molar-refractivity contribution in [2.45, 2.75) is 18.8 Å². The standard InChI is InChI=1S/C29H20BrClN2O8/c1-41-22-9-12(8-20(31)27(22)36)23-15-6-7-16-24(17(15)10-18-25(23)21(34)11-19(30)26(18)35)29(38)32(28(16)37)13-2-4-14(5-3-13)33(39)40/h2-6,8-9,11,16-17,23-24,36H,7,10H2,1H3. The number of aromatic hydroxyl groups is 1. The van der Waals surface area contributed by atoms with Gasteiger partial charge >= 0.3 is 0 Å². The van der Waals surface area contributed by atoms with Crippen LogP contribution in [-0.2, 0) is 19.2 Å². The Morgan fingerprint density at radius 3 is 2.46 bits per heavy atom. The van der Waals surface area contributed by atoms with Crippen molar-refractivity contribution < 1.29 is 33.9 Å². The maximum Gasteiger partial charge on any atom is 0.269 e. The number of carbonyl (C=O) groups excluding carboxylic acids is 4. The number of phenolic OH excluding ortho intramolecular Hbond substituents is 1. The summed E-state index contributed by atoms with van der Waals surface area (Å²) in [4.78, 5) is 65.8. The van der Waals surface area contributed by atoms with E-state index in [0.717, 1.165) is 4.90 Å². The number of phenols is 1. The van der Waals surface area contributed by atoms with Gasteiger partial charge in [-0.05, 0) is 64.5 Å². The van der Waals surface area contributed by atoms with Gasteiger partial charge in [-0.1, -0.05) is 23.3 Å². The van der Waals surface area contributed by atoms with E-state index in [0.29, 0.717) is 11.1 Å². The Kier molecular flexibility index (Phi) is 6.46. The van der Waals surface area contributed by atoms with Crippen molar-refractivity contribution >= 4 is 62.3 Å². The number of ketones is 2. The molecule has 4 unspecified atom stereocenters. The number of hydrogen-bond acceptors (Lipinski definition) is 8. The lowest BCUT2D eigenvalue weighted by atomic mass is 9.59. The zero-order chi connectivity index (χ0) is 29.3. The predicted molar refractivity (Wildman–Crippen MR) is 150 cm³/mol. The monoisotopic (exact) mass is 638 g/mol. The second-order valence-corrected chi connectivity index (χ2v) is 11.5. The van der Waals surface area contributed by atoms with Gasteiger partial charge in [0.2, 0.25) is 11.8 Å². The van der Waals surface area contributed by atoms with Crippen molar-refractivity contribution in [3.05, 3.63) is 90.5 Å². The lowest BCUT2D eigenvalue weighted by Crippen LogP contribution is -2.39. The molecule has 0 radical (unpaired) electrons. The van der Waals surface area contributed by atoms with E-state index in [4.69, 9.17) is 16.3 Å². The van der Waals surface area contributed by atoms with Crippen molar-refractivity contribution in [2.75, 3.05) is 12.0 Å². The fourth-order valence-corrected chi connectivity index (χ4v) is 7.15. The maximum atomic E-state index is 13.9. The molecule has 1 fully saturated rings. The van der Waals surface area contributed by atoms with Crippen LogP contribution in [-0.4, -0.2) is 40.5 Å². The van der Waals surface area contributed by atoms with Gasteiger partial charge in [-0.2, -0.15) is 0 Å². The van der Waals surface area contributed by atoms with Crippen molar-refractivity contribution in [1.82, 2.24) is 0 Å². The normalized spacial score (nSPS) is 25.4. The molecule has 1 aliphatic heterocycles. The number of ether oxygens (including phenoxy) is 1. The average molecular weight is 640 g/mol. The van der Waals surface area contributed by atoms with Crippen LogP contribution in [0, 0.1) is 27.9 Å². The number of non-ortho nitro benzene ring substituents is 1. The van der Waals surface area contributed by atoms with Crippen molar-refractivity contribution in [2.24, 2.45) is 17.8 Å². The predicted octanol–water partition coefficient (Wildman–Crippen LogP) is 4.93. The highest BCUT2D eigenvalue weighted by atomic mass is 79.9. The number of hydrogen-bond donors (Lipinski definition) is 1. The molecule has 0 aromatic heterocycles. The molecule has 1 heterocycles. The number of imide groups is 1. The molecule has 12 heteroatoms. The number of fused-ring (bicyclic) bond motifs is 3. The number of methoxy groups -OCH3 is 1. The number of anilines is 1. The van der Waals surface area contributed by atoms with Crippen molar-refractivity contribution in [1.29, 1.82) is 0 Å². The Balaban J connectivity index is 1.48. The molecule has 2 aromatic carbocycles. The van der Waals surface area contributed by atoms with E-state index in [1.807, 2.05) is 6.08 Å². The zero-order valence-corrected chi connectivity index (χ0v) is 23.6. The molecule has 208 valence electrons. The van der Waals surface area contributed by atoms with Gasteiger partial charge in [-0.3, -0.25) is 34.2 Å². The Labute approximate surface area is 246 Å². The van der Waals surface area contributed by atoms with Gasteiger partial charge in [0.05, 0.1) is 39.1 Å². The number of Topliss-reactive ketones (excluding diaryl/α,β-unsaturated/α-hetero) is 1. The summed E-state index contributed by atoms with van der Waals surface area (Å²) in [5.74, 6) is -4.76. The van der Waals surface area contributed by atoms with Crippen LogP contribution in [0.3, 0.4) is 0 Å². The molecule has 0 spiro atoms. The van der Waals surface area contributed by atoms with Crippen LogP contribution in [0.15, 0.2) is 69.8 Å². The number of nitro groups is 1. The third-order valence-corrected chi connectivity index (χ3v) is 9.13. The number of carbonyl (C=O) groups is 4. The second kappa shape index (κ2) is 9.78. The lowest BCUT2D eigenvalue weighted by Gasteiger charge is -2.42. The molecule has 0 bridgehead atoms. The topological polar surface area (TPSA) is 144 Å². The minimum atomic E-state index is -0.823. The highest BCUT2D eigenvalue weighted by Crippen LogP contribution is 2.56. The van der Waals surface area contributed by atoms with E-state index in [-0.39, 0.29) is 67.9 Å². The molecule has 4 atom stereocenters. The Bertz CT molecular complexity index is 1690. The summed E-state index contributed by atoms with van der Waals surface area (Å²) < 4.78 is 5.39. The molecule has 3 aliphatic carbocycles. The molecule has 4 aliphatic rings. The van der Waals surface area contributed by atoms with Gasteiger partial charge in [-0.25, -0.2) is 0 Å². The summed E-state index contributed by atoms with van der Waals surface area (Å²) in [5, 5.41) is 21.4. The molecular formula is C29H20BrClN2O8.